The molecule has 0 radical (unpaired) electrons. The van der Waals surface area contributed by atoms with Gasteiger partial charge in [-0.25, -0.2) is 13.6 Å². The van der Waals surface area contributed by atoms with Crippen molar-refractivity contribution < 1.29 is 13.5 Å². The predicted octanol–water partition coefficient (Wildman–Crippen LogP) is 2.73. The fraction of sp³-hybridized carbons (Fsp3) is 0.350. The Balaban J connectivity index is 1.21. The largest absolute Gasteiger partial charge is 0.493 e. The van der Waals surface area contributed by atoms with Gasteiger partial charge in [-0.15, -0.1) is 0 Å². The lowest BCUT2D eigenvalue weighted by Crippen LogP contribution is -2.46. The lowest BCUT2D eigenvalue weighted by molar-refractivity contribution is 0.225. The van der Waals surface area contributed by atoms with Crippen molar-refractivity contribution in [2.75, 3.05) is 44.2 Å². The lowest BCUT2D eigenvalue weighted by atomic mass is 10.2. The molecule has 1 aliphatic heterocycles. The van der Waals surface area contributed by atoms with Gasteiger partial charge in [0.2, 0.25) is 0 Å². The van der Waals surface area contributed by atoms with E-state index < -0.39 is 11.6 Å². The van der Waals surface area contributed by atoms with Crippen LogP contribution in [-0.2, 0) is 0 Å². The smallest absolute Gasteiger partial charge is 0.323 e. The van der Waals surface area contributed by atoms with Gasteiger partial charge in [0.1, 0.15) is 5.75 Å². The van der Waals surface area contributed by atoms with Crippen LogP contribution in [0, 0.1) is 11.6 Å². The average Bonchev–Trinajstić information content (AvgIpc) is 3.07. The molecule has 8 heteroatoms. The van der Waals surface area contributed by atoms with Gasteiger partial charge in [-0.1, -0.05) is 0 Å². The number of piperazine rings is 1. The van der Waals surface area contributed by atoms with Crippen molar-refractivity contribution in [2.24, 2.45) is 0 Å². The van der Waals surface area contributed by atoms with Gasteiger partial charge in [-0.3, -0.25) is 4.90 Å². The molecule has 0 amide bonds. The number of imidazole rings is 1. The molecule has 28 heavy (non-hydrogen) atoms. The van der Waals surface area contributed by atoms with Crippen molar-refractivity contribution in [1.82, 2.24) is 14.9 Å². The first-order valence-electron chi connectivity index (χ1n) is 9.36. The van der Waals surface area contributed by atoms with E-state index in [1.165, 1.54) is 12.1 Å². The number of H-pyrrole nitrogens is 2. The second kappa shape index (κ2) is 8.02. The molecular weight excluding hydrogens is 366 g/mol. The summed E-state index contributed by atoms with van der Waals surface area (Å²) in [6.07, 6.45) is 0.882. The zero-order chi connectivity index (χ0) is 19.5. The molecule has 2 heterocycles. The first-order chi connectivity index (χ1) is 13.6. The van der Waals surface area contributed by atoms with E-state index in [9.17, 15) is 13.6 Å². The Morgan fingerprint density at radius 2 is 1.71 bits per heavy atom. The molecule has 0 bridgehead atoms. The number of nitrogens with zero attached hydrogens (tertiary/aromatic N) is 2. The highest BCUT2D eigenvalue weighted by molar-refractivity contribution is 5.75. The third kappa shape index (κ3) is 4.17. The number of rotatable bonds is 6. The second-order valence-corrected chi connectivity index (χ2v) is 6.92. The van der Waals surface area contributed by atoms with Gasteiger partial charge in [0.15, 0.2) is 11.6 Å². The number of nitrogens with one attached hydrogen (secondary N) is 2. The molecule has 2 N–H and O–H groups in total. The van der Waals surface area contributed by atoms with E-state index in [1.807, 2.05) is 18.2 Å². The molecule has 0 unspecified atom stereocenters. The lowest BCUT2D eigenvalue weighted by Gasteiger charge is -2.36. The number of benzene rings is 2. The van der Waals surface area contributed by atoms with E-state index in [0.717, 1.165) is 61.6 Å². The maximum atomic E-state index is 13.4. The summed E-state index contributed by atoms with van der Waals surface area (Å²) in [4.78, 5) is 21.1. The first-order valence-corrected chi connectivity index (χ1v) is 9.36. The van der Waals surface area contributed by atoms with Crippen molar-refractivity contribution >= 4 is 16.7 Å². The van der Waals surface area contributed by atoms with E-state index in [-0.39, 0.29) is 5.69 Å². The minimum atomic E-state index is -0.815. The standard InChI is InChI=1S/C20H22F2N4O2/c21-16-4-2-14(12-17(16)22)26-9-7-25(8-10-26)6-1-11-28-15-3-5-18-19(13-15)24-20(27)23-18/h2-5,12-13H,1,6-11H2,(H2,23,24,27). The molecule has 3 aromatic rings. The summed E-state index contributed by atoms with van der Waals surface area (Å²) in [7, 11) is 0. The van der Waals surface area contributed by atoms with Crippen LogP contribution in [-0.4, -0.2) is 54.2 Å². The van der Waals surface area contributed by atoms with Crippen LogP contribution in [0.5, 0.6) is 5.75 Å². The zero-order valence-electron chi connectivity index (χ0n) is 15.4. The van der Waals surface area contributed by atoms with Crippen molar-refractivity contribution in [2.45, 2.75) is 6.42 Å². The Hall–Kier alpha value is -2.87. The molecule has 0 spiro atoms. The summed E-state index contributed by atoms with van der Waals surface area (Å²) >= 11 is 0. The summed E-state index contributed by atoms with van der Waals surface area (Å²) in [6.45, 7) is 4.80. The highest BCUT2D eigenvalue weighted by atomic mass is 19.2. The molecule has 148 valence electrons. The molecule has 6 nitrogen and oxygen atoms in total. The van der Waals surface area contributed by atoms with Gasteiger partial charge in [-0.2, -0.15) is 0 Å². The minimum absolute atomic E-state index is 0.227. The number of halogens is 2. The molecule has 2 aromatic carbocycles. The van der Waals surface area contributed by atoms with Crippen LogP contribution in [0.15, 0.2) is 41.2 Å². The normalized spacial score (nSPS) is 15.3. The number of fused-ring (bicyclic) bond motifs is 1. The van der Waals surface area contributed by atoms with E-state index in [0.29, 0.717) is 6.61 Å². The van der Waals surface area contributed by atoms with E-state index in [4.69, 9.17) is 4.74 Å². The van der Waals surface area contributed by atoms with Gasteiger partial charge in [0.05, 0.1) is 17.6 Å². The molecule has 0 saturated carbocycles. The predicted molar refractivity (Wildman–Crippen MR) is 104 cm³/mol. The van der Waals surface area contributed by atoms with Crippen molar-refractivity contribution in [1.29, 1.82) is 0 Å². The summed E-state index contributed by atoms with van der Waals surface area (Å²) in [6, 6.07) is 9.53. The van der Waals surface area contributed by atoms with Crippen LogP contribution in [0.1, 0.15) is 6.42 Å². The monoisotopic (exact) mass is 388 g/mol. The van der Waals surface area contributed by atoms with Gasteiger partial charge >= 0.3 is 5.69 Å². The molecule has 1 aromatic heterocycles. The molecule has 1 aliphatic rings. The number of ether oxygens (including phenoxy) is 1. The Labute approximate surface area is 160 Å². The summed E-state index contributed by atoms with van der Waals surface area (Å²) in [5, 5.41) is 0. The van der Waals surface area contributed by atoms with Gasteiger partial charge in [0, 0.05) is 50.5 Å². The van der Waals surface area contributed by atoms with Gasteiger partial charge in [-0.05, 0) is 30.7 Å². The summed E-state index contributed by atoms with van der Waals surface area (Å²) in [5.74, 6) is -0.894. The number of anilines is 1. The number of aromatic amines is 2. The van der Waals surface area contributed by atoms with Crippen molar-refractivity contribution in [3.8, 4) is 5.75 Å². The highest BCUT2D eigenvalue weighted by Gasteiger charge is 2.18. The van der Waals surface area contributed by atoms with E-state index in [1.54, 1.807) is 6.07 Å². The van der Waals surface area contributed by atoms with Crippen LogP contribution in [0.2, 0.25) is 0 Å². The van der Waals surface area contributed by atoms with Crippen LogP contribution in [0.25, 0.3) is 11.0 Å². The maximum Gasteiger partial charge on any atom is 0.323 e. The summed E-state index contributed by atoms with van der Waals surface area (Å²) in [5.41, 5.74) is 1.99. The number of aromatic nitrogens is 2. The highest BCUT2D eigenvalue weighted by Crippen LogP contribution is 2.20. The average molecular weight is 388 g/mol. The Morgan fingerprint density at radius 3 is 2.50 bits per heavy atom. The molecule has 0 atom stereocenters. The maximum absolute atomic E-state index is 13.4. The molecule has 0 aliphatic carbocycles. The number of hydrogen-bond donors (Lipinski definition) is 2. The van der Waals surface area contributed by atoms with Crippen LogP contribution >= 0.6 is 0 Å². The van der Waals surface area contributed by atoms with Crippen LogP contribution in [0.4, 0.5) is 14.5 Å². The Morgan fingerprint density at radius 1 is 0.929 bits per heavy atom. The molecule has 1 saturated heterocycles. The fourth-order valence-corrected chi connectivity index (χ4v) is 3.49. The first kappa shape index (κ1) is 18.5. The quantitative estimate of drug-likeness (QED) is 0.638. The van der Waals surface area contributed by atoms with Crippen LogP contribution in [0.3, 0.4) is 0 Å². The van der Waals surface area contributed by atoms with Gasteiger partial charge < -0.3 is 19.6 Å². The molecule has 1 fully saturated rings. The van der Waals surface area contributed by atoms with Crippen molar-refractivity contribution in [3.63, 3.8) is 0 Å². The Bertz CT molecular complexity index is 1010. The zero-order valence-corrected chi connectivity index (χ0v) is 15.4. The van der Waals surface area contributed by atoms with E-state index >= 15 is 0 Å². The minimum Gasteiger partial charge on any atom is -0.493 e. The van der Waals surface area contributed by atoms with Crippen molar-refractivity contribution in [3.05, 3.63) is 58.5 Å². The second-order valence-electron chi connectivity index (χ2n) is 6.92. The topological polar surface area (TPSA) is 64.4 Å². The van der Waals surface area contributed by atoms with Gasteiger partial charge in [0.25, 0.3) is 0 Å². The molecule has 4 rings (SSSR count). The third-order valence-electron chi connectivity index (χ3n) is 5.02. The fourth-order valence-electron chi connectivity index (χ4n) is 3.49. The summed E-state index contributed by atoms with van der Waals surface area (Å²) < 4.78 is 32.2. The Kier molecular flexibility index (Phi) is 5.29. The number of hydrogen-bond acceptors (Lipinski definition) is 4. The SMILES string of the molecule is O=c1[nH]c2ccc(OCCCN3CCN(c4ccc(F)c(F)c4)CC3)cc2[nH]1. The van der Waals surface area contributed by atoms with Crippen LogP contribution < -0.4 is 15.3 Å². The van der Waals surface area contributed by atoms with E-state index in [2.05, 4.69) is 19.8 Å². The molecular formula is C20H22F2N4O2. The third-order valence-corrected chi connectivity index (χ3v) is 5.02.